The number of guanidine groups is 1. The molecular weight excluding hydrogens is 413 g/mol. The SMILES string of the molecule is CCNC(=NCC1(O)CCC1)NC(C)c1ccc(Cl)cc1.I. The number of aliphatic hydroxyl groups is 1. The molecule has 0 amide bonds. The number of hydrogen-bond acceptors (Lipinski definition) is 2. The van der Waals surface area contributed by atoms with Gasteiger partial charge in [0.2, 0.25) is 0 Å². The fourth-order valence-electron chi connectivity index (χ4n) is 2.33. The van der Waals surface area contributed by atoms with Gasteiger partial charge >= 0.3 is 0 Å². The van der Waals surface area contributed by atoms with Gasteiger partial charge in [0.1, 0.15) is 0 Å². The summed E-state index contributed by atoms with van der Waals surface area (Å²) in [5.74, 6) is 0.736. The minimum absolute atomic E-state index is 0. The van der Waals surface area contributed by atoms with E-state index >= 15 is 0 Å². The molecule has 1 saturated carbocycles. The third kappa shape index (κ3) is 5.59. The van der Waals surface area contributed by atoms with E-state index in [-0.39, 0.29) is 30.0 Å². The minimum atomic E-state index is -0.591. The van der Waals surface area contributed by atoms with Crippen molar-refractivity contribution >= 4 is 41.5 Å². The van der Waals surface area contributed by atoms with E-state index in [0.29, 0.717) is 6.54 Å². The average molecular weight is 438 g/mol. The topological polar surface area (TPSA) is 56.7 Å². The Kier molecular flexibility index (Phi) is 7.93. The first-order valence-electron chi connectivity index (χ1n) is 7.55. The maximum absolute atomic E-state index is 10.1. The molecule has 1 atom stereocenters. The predicted molar refractivity (Wildman–Crippen MR) is 103 cm³/mol. The van der Waals surface area contributed by atoms with E-state index in [0.717, 1.165) is 42.4 Å². The van der Waals surface area contributed by atoms with Crippen molar-refractivity contribution in [2.45, 2.75) is 44.8 Å². The van der Waals surface area contributed by atoms with Gasteiger partial charge in [-0.2, -0.15) is 0 Å². The number of nitrogens with one attached hydrogen (secondary N) is 2. The van der Waals surface area contributed by atoms with Crippen LogP contribution in [0.3, 0.4) is 0 Å². The molecule has 0 bridgehead atoms. The molecule has 3 N–H and O–H groups in total. The molecule has 1 aliphatic rings. The quantitative estimate of drug-likeness (QED) is 0.375. The second kappa shape index (κ2) is 8.93. The Morgan fingerprint density at radius 3 is 2.50 bits per heavy atom. The maximum Gasteiger partial charge on any atom is 0.191 e. The number of benzene rings is 1. The lowest BCUT2D eigenvalue weighted by atomic mass is 9.80. The number of halogens is 2. The van der Waals surface area contributed by atoms with E-state index in [4.69, 9.17) is 11.6 Å². The van der Waals surface area contributed by atoms with Crippen molar-refractivity contribution < 1.29 is 5.11 Å². The van der Waals surface area contributed by atoms with E-state index in [1.54, 1.807) is 0 Å². The van der Waals surface area contributed by atoms with E-state index in [2.05, 4.69) is 22.5 Å². The van der Waals surface area contributed by atoms with Crippen LogP contribution in [0.25, 0.3) is 0 Å². The lowest BCUT2D eigenvalue weighted by Gasteiger charge is -2.35. The van der Waals surface area contributed by atoms with Crippen LogP contribution >= 0.6 is 35.6 Å². The van der Waals surface area contributed by atoms with Crippen LogP contribution < -0.4 is 10.6 Å². The van der Waals surface area contributed by atoms with Gasteiger partial charge in [-0.1, -0.05) is 23.7 Å². The fourth-order valence-corrected chi connectivity index (χ4v) is 2.46. The van der Waals surface area contributed by atoms with Crippen molar-refractivity contribution in [3.8, 4) is 0 Å². The standard InChI is InChI=1S/C16H24ClN3O.HI/c1-3-18-15(19-11-16(21)9-4-10-16)20-12(2)13-5-7-14(17)8-6-13;/h5-8,12,21H,3-4,9-11H2,1-2H3,(H2,18,19,20);1H. The van der Waals surface area contributed by atoms with E-state index < -0.39 is 5.60 Å². The molecule has 6 heteroatoms. The summed E-state index contributed by atoms with van der Waals surface area (Å²) in [6.45, 7) is 5.35. The van der Waals surface area contributed by atoms with Crippen LogP contribution in [0.1, 0.15) is 44.7 Å². The Morgan fingerprint density at radius 1 is 1.36 bits per heavy atom. The van der Waals surface area contributed by atoms with E-state index in [1.807, 2.05) is 31.2 Å². The zero-order chi connectivity index (χ0) is 15.3. The third-order valence-electron chi connectivity index (χ3n) is 3.88. The highest BCUT2D eigenvalue weighted by molar-refractivity contribution is 14.0. The monoisotopic (exact) mass is 437 g/mol. The van der Waals surface area contributed by atoms with Gasteiger partial charge in [-0.05, 0) is 50.8 Å². The molecule has 1 aromatic rings. The van der Waals surface area contributed by atoms with Gasteiger partial charge in [-0.25, -0.2) is 0 Å². The molecule has 0 heterocycles. The number of rotatable bonds is 5. The van der Waals surface area contributed by atoms with Crippen LogP contribution in [0, 0.1) is 0 Å². The van der Waals surface area contributed by atoms with Crippen molar-refractivity contribution in [3.05, 3.63) is 34.9 Å². The second-order valence-electron chi connectivity index (χ2n) is 5.69. The summed E-state index contributed by atoms with van der Waals surface area (Å²) in [5, 5.41) is 17.4. The molecule has 0 saturated heterocycles. The molecular formula is C16H25ClIN3O. The summed E-state index contributed by atoms with van der Waals surface area (Å²) in [6, 6.07) is 7.90. The van der Waals surface area contributed by atoms with E-state index in [9.17, 15) is 5.11 Å². The highest BCUT2D eigenvalue weighted by Gasteiger charge is 2.34. The Morgan fingerprint density at radius 2 is 2.00 bits per heavy atom. The van der Waals surface area contributed by atoms with Crippen LogP contribution in [-0.4, -0.2) is 29.8 Å². The van der Waals surface area contributed by atoms with Gasteiger partial charge in [0.05, 0.1) is 18.2 Å². The summed E-state index contributed by atoms with van der Waals surface area (Å²) in [5.41, 5.74) is 0.554. The fraction of sp³-hybridized carbons (Fsp3) is 0.562. The molecule has 1 aromatic carbocycles. The highest BCUT2D eigenvalue weighted by Crippen LogP contribution is 2.31. The van der Waals surface area contributed by atoms with E-state index in [1.165, 1.54) is 0 Å². The Labute approximate surface area is 154 Å². The van der Waals surface area contributed by atoms with Crippen molar-refractivity contribution in [3.63, 3.8) is 0 Å². The zero-order valence-electron chi connectivity index (χ0n) is 13.1. The molecule has 124 valence electrons. The van der Waals surface area contributed by atoms with Gasteiger partial charge < -0.3 is 15.7 Å². The predicted octanol–water partition coefficient (Wildman–Crippen LogP) is 3.49. The van der Waals surface area contributed by atoms with Crippen LogP contribution in [0.15, 0.2) is 29.3 Å². The van der Waals surface area contributed by atoms with Crippen molar-refractivity contribution in [1.82, 2.24) is 10.6 Å². The molecule has 0 aromatic heterocycles. The average Bonchev–Trinajstić information content (AvgIpc) is 2.43. The molecule has 2 rings (SSSR count). The lowest BCUT2D eigenvalue weighted by Crippen LogP contribution is -2.43. The highest BCUT2D eigenvalue weighted by atomic mass is 127. The van der Waals surface area contributed by atoms with Gasteiger partial charge in [-0.15, -0.1) is 24.0 Å². The Bertz CT molecular complexity index is 489. The van der Waals surface area contributed by atoms with Crippen LogP contribution in [0.5, 0.6) is 0 Å². The number of aliphatic imine (C=N–C) groups is 1. The first-order chi connectivity index (χ1) is 10.0. The van der Waals surface area contributed by atoms with Crippen LogP contribution in [0.2, 0.25) is 5.02 Å². The van der Waals surface area contributed by atoms with Gasteiger partial charge in [0.15, 0.2) is 5.96 Å². The maximum atomic E-state index is 10.1. The largest absolute Gasteiger partial charge is 0.388 e. The van der Waals surface area contributed by atoms with Gasteiger partial charge in [0, 0.05) is 11.6 Å². The molecule has 0 spiro atoms. The summed E-state index contributed by atoms with van der Waals surface area (Å²) in [6.07, 6.45) is 2.79. The van der Waals surface area contributed by atoms with Crippen molar-refractivity contribution in [2.75, 3.05) is 13.1 Å². The van der Waals surface area contributed by atoms with Crippen LogP contribution in [0.4, 0.5) is 0 Å². The second-order valence-corrected chi connectivity index (χ2v) is 6.13. The first kappa shape index (κ1) is 19.5. The molecule has 22 heavy (non-hydrogen) atoms. The summed E-state index contributed by atoms with van der Waals surface area (Å²) in [7, 11) is 0. The molecule has 0 radical (unpaired) electrons. The lowest BCUT2D eigenvalue weighted by molar-refractivity contribution is -0.0236. The normalized spacial score (nSPS) is 17.9. The molecule has 1 unspecified atom stereocenters. The van der Waals surface area contributed by atoms with Crippen molar-refractivity contribution in [1.29, 1.82) is 0 Å². The first-order valence-corrected chi connectivity index (χ1v) is 7.93. The number of nitrogens with zero attached hydrogens (tertiary/aromatic N) is 1. The summed E-state index contributed by atoms with van der Waals surface area (Å²) < 4.78 is 0. The molecule has 4 nitrogen and oxygen atoms in total. The zero-order valence-corrected chi connectivity index (χ0v) is 16.2. The molecule has 1 aliphatic carbocycles. The summed E-state index contributed by atoms with van der Waals surface area (Å²) >= 11 is 5.91. The summed E-state index contributed by atoms with van der Waals surface area (Å²) in [4.78, 5) is 4.51. The minimum Gasteiger partial charge on any atom is -0.388 e. The Hall–Kier alpha value is -0.530. The molecule has 0 aliphatic heterocycles. The van der Waals surface area contributed by atoms with Crippen LogP contribution in [-0.2, 0) is 0 Å². The Balaban J connectivity index is 0.00000242. The van der Waals surface area contributed by atoms with Gasteiger partial charge in [0.25, 0.3) is 0 Å². The molecule has 1 fully saturated rings. The smallest absolute Gasteiger partial charge is 0.191 e. The third-order valence-corrected chi connectivity index (χ3v) is 4.14. The van der Waals surface area contributed by atoms with Crippen molar-refractivity contribution in [2.24, 2.45) is 4.99 Å². The van der Waals surface area contributed by atoms with Gasteiger partial charge in [-0.3, -0.25) is 4.99 Å². The number of hydrogen-bond donors (Lipinski definition) is 3.